The van der Waals surface area contributed by atoms with Crippen molar-refractivity contribution in [3.8, 4) is 11.5 Å². The van der Waals surface area contributed by atoms with Crippen LogP contribution in [0, 0.1) is 0 Å². The van der Waals surface area contributed by atoms with Gasteiger partial charge in [-0.1, -0.05) is 18.2 Å². The Balaban J connectivity index is 2.28. The van der Waals surface area contributed by atoms with E-state index in [0.29, 0.717) is 28.3 Å². The van der Waals surface area contributed by atoms with Crippen molar-refractivity contribution in [3.05, 3.63) is 53.6 Å². The molecular formula is C15H15NO4. The molecule has 0 radical (unpaired) electrons. The van der Waals surface area contributed by atoms with E-state index in [4.69, 9.17) is 10.5 Å². The van der Waals surface area contributed by atoms with Gasteiger partial charge in [-0.25, -0.2) is 4.79 Å². The molecule has 0 aliphatic heterocycles. The number of nitrogen functional groups attached to an aromatic ring is 1. The number of benzene rings is 2. The summed E-state index contributed by atoms with van der Waals surface area (Å²) in [5.74, 6) is 0.477. The Labute approximate surface area is 116 Å². The Morgan fingerprint density at radius 1 is 1.20 bits per heavy atom. The van der Waals surface area contributed by atoms with Crippen molar-refractivity contribution in [2.45, 2.75) is 6.61 Å². The van der Waals surface area contributed by atoms with Gasteiger partial charge in [-0.2, -0.15) is 0 Å². The number of ether oxygens (including phenoxy) is 2. The van der Waals surface area contributed by atoms with Gasteiger partial charge in [0, 0.05) is 5.56 Å². The number of carbonyl (C=O) groups is 1. The smallest absolute Gasteiger partial charge is 0.337 e. The fourth-order valence-corrected chi connectivity index (χ4v) is 1.74. The van der Waals surface area contributed by atoms with Gasteiger partial charge >= 0.3 is 5.97 Å². The maximum atomic E-state index is 11.4. The van der Waals surface area contributed by atoms with E-state index >= 15 is 0 Å². The van der Waals surface area contributed by atoms with Crippen LogP contribution in [-0.2, 0) is 11.3 Å². The Kier molecular flexibility index (Phi) is 4.22. The molecule has 0 bridgehead atoms. The molecule has 2 aromatic rings. The molecule has 20 heavy (non-hydrogen) atoms. The molecule has 0 aromatic heterocycles. The highest BCUT2D eigenvalue weighted by Gasteiger charge is 2.10. The zero-order valence-electron chi connectivity index (χ0n) is 11.0. The van der Waals surface area contributed by atoms with Crippen LogP contribution in [0.4, 0.5) is 5.69 Å². The number of aliphatic hydroxyl groups excluding tert-OH is 1. The lowest BCUT2D eigenvalue weighted by atomic mass is 10.2. The minimum Gasteiger partial charge on any atom is -0.465 e. The average Bonchev–Trinajstić information content (AvgIpc) is 2.49. The first-order valence-electron chi connectivity index (χ1n) is 6.00. The predicted octanol–water partition coefficient (Wildman–Crippen LogP) is 2.34. The van der Waals surface area contributed by atoms with Crippen LogP contribution in [0.1, 0.15) is 15.9 Å². The van der Waals surface area contributed by atoms with Gasteiger partial charge in [0.1, 0.15) is 11.5 Å². The van der Waals surface area contributed by atoms with E-state index < -0.39 is 5.97 Å². The van der Waals surface area contributed by atoms with Crippen molar-refractivity contribution in [3.63, 3.8) is 0 Å². The molecule has 0 aliphatic carbocycles. The highest BCUT2D eigenvalue weighted by Crippen LogP contribution is 2.30. The molecule has 0 atom stereocenters. The number of methoxy groups -OCH3 is 1. The molecule has 104 valence electrons. The third kappa shape index (κ3) is 2.89. The van der Waals surface area contributed by atoms with Crippen LogP contribution < -0.4 is 10.5 Å². The van der Waals surface area contributed by atoms with Gasteiger partial charge in [0.2, 0.25) is 0 Å². The highest BCUT2D eigenvalue weighted by molar-refractivity contribution is 5.90. The van der Waals surface area contributed by atoms with Crippen molar-refractivity contribution >= 4 is 11.7 Å². The van der Waals surface area contributed by atoms with Crippen LogP contribution in [0.15, 0.2) is 42.5 Å². The van der Waals surface area contributed by atoms with Crippen molar-refractivity contribution in [2.75, 3.05) is 12.8 Å². The lowest BCUT2D eigenvalue weighted by Gasteiger charge is -2.12. The largest absolute Gasteiger partial charge is 0.465 e. The van der Waals surface area contributed by atoms with Crippen molar-refractivity contribution in [2.24, 2.45) is 0 Å². The molecular weight excluding hydrogens is 258 g/mol. The minimum atomic E-state index is -0.459. The Hall–Kier alpha value is -2.53. The summed E-state index contributed by atoms with van der Waals surface area (Å²) in [5, 5.41) is 9.24. The SMILES string of the molecule is COC(=O)c1ccc(Oc2ccccc2CO)c(N)c1. The number of anilines is 1. The third-order valence-electron chi connectivity index (χ3n) is 2.79. The lowest BCUT2D eigenvalue weighted by molar-refractivity contribution is 0.0601. The van der Waals surface area contributed by atoms with Gasteiger partial charge in [-0.15, -0.1) is 0 Å². The number of nitrogens with two attached hydrogens (primary N) is 1. The maximum absolute atomic E-state index is 11.4. The van der Waals surface area contributed by atoms with Crippen LogP contribution in [0.25, 0.3) is 0 Å². The topological polar surface area (TPSA) is 81.8 Å². The third-order valence-corrected chi connectivity index (χ3v) is 2.79. The van der Waals surface area contributed by atoms with Gasteiger partial charge in [0.15, 0.2) is 0 Å². The summed E-state index contributed by atoms with van der Waals surface area (Å²) in [6.07, 6.45) is 0. The second kappa shape index (κ2) is 6.08. The van der Waals surface area contributed by atoms with Gasteiger partial charge in [-0.05, 0) is 24.3 Å². The second-order valence-corrected chi connectivity index (χ2v) is 4.11. The normalized spacial score (nSPS) is 10.1. The standard InChI is InChI=1S/C15H15NO4/c1-19-15(18)10-6-7-14(12(16)8-10)20-13-5-3-2-4-11(13)9-17/h2-8,17H,9,16H2,1H3. The van der Waals surface area contributed by atoms with Crippen LogP contribution in [0.3, 0.4) is 0 Å². The van der Waals surface area contributed by atoms with Crippen LogP contribution in [-0.4, -0.2) is 18.2 Å². The van der Waals surface area contributed by atoms with Crippen molar-refractivity contribution in [1.29, 1.82) is 0 Å². The molecule has 0 spiro atoms. The number of hydrogen-bond donors (Lipinski definition) is 2. The summed E-state index contributed by atoms with van der Waals surface area (Å²) in [5.41, 5.74) is 7.19. The van der Waals surface area contributed by atoms with E-state index in [1.807, 2.05) is 6.07 Å². The lowest BCUT2D eigenvalue weighted by Crippen LogP contribution is -2.03. The Bertz CT molecular complexity index is 625. The van der Waals surface area contributed by atoms with Crippen LogP contribution in [0.5, 0.6) is 11.5 Å². The number of hydrogen-bond acceptors (Lipinski definition) is 5. The molecule has 0 amide bonds. The first kappa shape index (κ1) is 13.9. The zero-order chi connectivity index (χ0) is 14.5. The monoisotopic (exact) mass is 273 g/mol. The first-order chi connectivity index (χ1) is 9.65. The molecule has 3 N–H and O–H groups in total. The summed E-state index contributed by atoms with van der Waals surface area (Å²) in [7, 11) is 1.31. The molecule has 0 saturated heterocycles. The quantitative estimate of drug-likeness (QED) is 0.660. The summed E-state index contributed by atoms with van der Waals surface area (Å²) in [4.78, 5) is 11.4. The molecule has 2 rings (SSSR count). The number of esters is 1. The molecule has 0 unspecified atom stereocenters. The summed E-state index contributed by atoms with van der Waals surface area (Å²) in [6, 6.07) is 11.8. The first-order valence-corrected chi connectivity index (χ1v) is 6.00. The maximum Gasteiger partial charge on any atom is 0.337 e. The summed E-state index contributed by atoms with van der Waals surface area (Å²) >= 11 is 0. The molecule has 5 nitrogen and oxygen atoms in total. The number of para-hydroxylation sites is 1. The molecule has 0 aliphatic rings. The van der Waals surface area contributed by atoms with Gasteiger partial charge < -0.3 is 20.3 Å². The fraction of sp³-hybridized carbons (Fsp3) is 0.133. The van der Waals surface area contributed by atoms with E-state index in [1.54, 1.807) is 30.3 Å². The number of aliphatic hydroxyl groups is 1. The number of rotatable bonds is 4. The van der Waals surface area contributed by atoms with Gasteiger partial charge in [0.25, 0.3) is 0 Å². The Morgan fingerprint density at radius 2 is 1.95 bits per heavy atom. The van der Waals surface area contributed by atoms with Crippen LogP contribution >= 0.6 is 0 Å². The highest BCUT2D eigenvalue weighted by atomic mass is 16.5. The van der Waals surface area contributed by atoms with E-state index in [-0.39, 0.29) is 6.61 Å². The van der Waals surface area contributed by atoms with E-state index in [1.165, 1.54) is 13.2 Å². The second-order valence-electron chi connectivity index (χ2n) is 4.11. The minimum absolute atomic E-state index is 0.129. The van der Waals surface area contributed by atoms with E-state index in [0.717, 1.165) is 0 Å². The van der Waals surface area contributed by atoms with Gasteiger partial charge in [0.05, 0.1) is 25.0 Å². The Morgan fingerprint density at radius 3 is 2.60 bits per heavy atom. The molecule has 0 fully saturated rings. The summed E-state index contributed by atoms with van der Waals surface area (Å²) in [6.45, 7) is -0.129. The number of carbonyl (C=O) groups excluding carboxylic acids is 1. The van der Waals surface area contributed by atoms with Gasteiger partial charge in [-0.3, -0.25) is 0 Å². The molecule has 0 heterocycles. The van der Waals surface area contributed by atoms with Crippen molar-refractivity contribution < 1.29 is 19.4 Å². The zero-order valence-corrected chi connectivity index (χ0v) is 11.0. The predicted molar refractivity (Wildman–Crippen MR) is 74.6 cm³/mol. The molecule has 2 aromatic carbocycles. The van der Waals surface area contributed by atoms with Crippen LogP contribution in [0.2, 0.25) is 0 Å². The summed E-state index contributed by atoms with van der Waals surface area (Å²) < 4.78 is 10.3. The van der Waals surface area contributed by atoms with Crippen molar-refractivity contribution in [1.82, 2.24) is 0 Å². The average molecular weight is 273 g/mol. The molecule has 5 heteroatoms. The van der Waals surface area contributed by atoms with E-state index in [2.05, 4.69) is 4.74 Å². The molecule has 0 saturated carbocycles. The van der Waals surface area contributed by atoms with E-state index in [9.17, 15) is 9.90 Å². The fourth-order valence-electron chi connectivity index (χ4n) is 1.74.